The highest BCUT2D eigenvalue weighted by Crippen LogP contribution is 2.42. The summed E-state index contributed by atoms with van der Waals surface area (Å²) in [4.78, 5) is 27.2. The van der Waals surface area contributed by atoms with Crippen molar-refractivity contribution >= 4 is 44.7 Å². The number of Topliss-reactive ketones (excluding diaryl/α,β-unsaturated/α-hetero) is 1. The van der Waals surface area contributed by atoms with Crippen LogP contribution in [0, 0.1) is 18.8 Å². The van der Waals surface area contributed by atoms with Crippen LogP contribution in [0.2, 0.25) is 0 Å². The molecule has 3 N–H and O–H groups in total. The third kappa shape index (κ3) is 3.95. The number of nitrogen functional groups attached to an aromatic ring is 1. The molecule has 5 rings (SSSR count). The van der Waals surface area contributed by atoms with Gasteiger partial charge in [0.1, 0.15) is 34.7 Å². The molecule has 2 atom stereocenters. The molecule has 35 heavy (non-hydrogen) atoms. The molecule has 0 bridgehead atoms. The van der Waals surface area contributed by atoms with Crippen molar-refractivity contribution in [2.45, 2.75) is 32.4 Å². The Morgan fingerprint density at radius 1 is 1.31 bits per heavy atom. The number of nitrogens with two attached hydrogens (primary N) is 1. The van der Waals surface area contributed by atoms with E-state index in [4.69, 9.17) is 15.5 Å². The standard InChI is InChI=1S/C25H22N6O3S/c1-13-11-35-25-19(13)22(33)20(15-6-4-5-7-18(15)34-3)17(29-25)10-31-24-21(23(26)27-12-28-24)16(30-31)9-8-14(2)32/h4-7,11-12,14,20,32H,10H2,1-3H3,(H2,26,27,28)/t14-,20?/m1/s1. The van der Waals surface area contributed by atoms with E-state index >= 15 is 0 Å². The summed E-state index contributed by atoms with van der Waals surface area (Å²) in [5.74, 6) is 5.70. The van der Waals surface area contributed by atoms with Crippen LogP contribution < -0.4 is 10.5 Å². The average Bonchev–Trinajstić information content (AvgIpc) is 3.39. The van der Waals surface area contributed by atoms with Gasteiger partial charge in [-0.05, 0) is 36.8 Å². The number of carbonyl (C=O) groups is 1. The molecule has 0 fully saturated rings. The van der Waals surface area contributed by atoms with Crippen molar-refractivity contribution in [3.8, 4) is 17.6 Å². The smallest absolute Gasteiger partial charge is 0.179 e. The van der Waals surface area contributed by atoms with Gasteiger partial charge in [-0.1, -0.05) is 24.1 Å². The highest BCUT2D eigenvalue weighted by Gasteiger charge is 2.37. The third-order valence-electron chi connectivity index (χ3n) is 5.76. The van der Waals surface area contributed by atoms with Crippen molar-refractivity contribution in [2.24, 2.45) is 4.99 Å². The van der Waals surface area contributed by atoms with Crippen LogP contribution in [0.3, 0.4) is 0 Å². The van der Waals surface area contributed by atoms with Gasteiger partial charge in [0.05, 0.1) is 36.2 Å². The van der Waals surface area contributed by atoms with E-state index in [0.717, 1.165) is 11.1 Å². The molecular weight excluding hydrogens is 464 g/mol. The summed E-state index contributed by atoms with van der Waals surface area (Å²) in [6.45, 7) is 3.65. The first kappa shape index (κ1) is 22.7. The fourth-order valence-electron chi connectivity index (χ4n) is 4.21. The number of aliphatic imine (C=N–C) groups is 1. The van der Waals surface area contributed by atoms with Crippen molar-refractivity contribution in [3.63, 3.8) is 0 Å². The summed E-state index contributed by atoms with van der Waals surface area (Å²) >= 11 is 1.43. The van der Waals surface area contributed by atoms with Crippen molar-refractivity contribution in [1.82, 2.24) is 19.7 Å². The van der Waals surface area contributed by atoms with Gasteiger partial charge in [0, 0.05) is 5.56 Å². The summed E-state index contributed by atoms with van der Waals surface area (Å²) in [5.41, 5.74) is 9.81. The number of fused-ring (bicyclic) bond motifs is 2. The number of rotatable bonds is 4. The number of methoxy groups -OCH3 is 1. The van der Waals surface area contributed by atoms with E-state index in [1.54, 1.807) is 18.7 Å². The molecule has 0 saturated carbocycles. The second-order valence-corrected chi connectivity index (χ2v) is 9.01. The zero-order valence-corrected chi connectivity index (χ0v) is 20.1. The van der Waals surface area contributed by atoms with Crippen molar-refractivity contribution in [3.05, 3.63) is 58.4 Å². The van der Waals surface area contributed by atoms with Crippen LogP contribution in [-0.2, 0) is 6.54 Å². The Labute approximate surface area is 205 Å². The number of para-hydroxylation sites is 1. The first-order chi connectivity index (χ1) is 16.9. The van der Waals surface area contributed by atoms with Gasteiger partial charge in [-0.25, -0.2) is 19.6 Å². The van der Waals surface area contributed by atoms with Gasteiger partial charge in [0.2, 0.25) is 0 Å². The lowest BCUT2D eigenvalue weighted by atomic mass is 9.84. The quantitative estimate of drug-likeness (QED) is 0.424. The zero-order chi connectivity index (χ0) is 24.7. The number of aliphatic hydroxyl groups excluding tert-OH is 1. The molecular formula is C25H22N6O3S. The van der Waals surface area contributed by atoms with Gasteiger partial charge in [-0.3, -0.25) is 4.79 Å². The third-order valence-corrected chi connectivity index (χ3v) is 6.75. The van der Waals surface area contributed by atoms with Gasteiger partial charge < -0.3 is 15.6 Å². The van der Waals surface area contributed by atoms with Crippen molar-refractivity contribution in [2.75, 3.05) is 12.8 Å². The maximum atomic E-state index is 13.8. The Morgan fingerprint density at radius 2 is 2.11 bits per heavy atom. The van der Waals surface area contributed by atoms with E-state index in [-0.39, 0.29) is 18.1 Å². The van der Waals surface area contributed by atoms with Crippen LogP contribution in [-0.4, -0.2) is 49.6 Å². The second kappa shape index (κ2) is 8.94. The lowest BCUT2D eigenvalue weighted by Crippen LogP contribution is -2.29. The normalized spacial score (nSPS) is 15.8. The average molecular weight is 487 g/mol. The molecule has 176 valence electrons. The van der Waals surface area contributed by atoms with E-state index in [2.05, 4.69) is 26.9 Å². The lowest BCUT2D eigenvalue weighted by molar-refractivity contribution is 0.0979. The van der Waals surface area contributed by atoms with Crippen LogP contribution in [0.1, 0.15) is 40.0 Å². The van der Waals surface area contributed by atoms with Gasteiger partial charge in [-0.15, -0.1) is 11.3 Å². The van der Waals surface area contributed by atoms with Crippen LogP contribution in [0.4, 0.5) is 10.8 Å². The molecule has 0 radical (unpaired) electrons. The topological polar surface area (TPSA) is 129 Å². The summed E-state index contributed by atoms with van der Waals surface area (Å²) < 4.78 is 7.21. The number of ether oxygens (including phenoxy) is 1. The number of ketones is 1. The van der Waals surface area contributed by atoms with Crippen LogP contribution >= 0.6 is 11.3 Å². The van der Waals surface area contributed by atoms with Crippen molar-refractivity contribution in [1.29, 1.82) is 0 Å². The molecule has 9 nitrogen and oxygen atoms in total. The molecule has 3 aromatic heterocycles. The van der Waals surface area contributed by atoms with Gasteiger partial charge >= 0.3 is 0 Å². The number of aromatic nitrogens is 4. The number of benzene rings is 1. The van der Waals surface area contributed by atoms with E-state index in [1.807, 2.05) is 36.6 Å². The van der Waals surface area contributed by atoms with E-state index in [9.17, 15) is 9.90 Å². The number of hydrogen-bond acceptors (Lipinski definition) is 9. The molecule has 4 aromatic rings. The van der Waals surface area contributed by atoms with Gasteiger partial charge in [0.25, 0.3) is 0 Å². The number of hydrogen-bond donors (Lipinski definition) is 2. The number of aryl methyl sites for hydroxylation is 1. The van der Waals surface area contributed by atoms with Gasteiger partial charge in [-0.2, -0.15) is 5.10 Å². The first-order valence-electron chi connectivity index (χ1n) is 10.9. The van der Waals surface area contributed by atoms with Crippen molar-refractivity contribution < 1.29 is 14.6 Å². The maximum Gasteiger partial charge on any atom is 0.179 e. The monoisotopic (exact) mass is 486 g/mol. The Kier molecular flexibility index (Phi) is 5.80. The zero-order valence-electron chi connectivity index (χ0n) is 19.3. The Balaban J connectivity index is 1.68. The minimum atomic E-state index is -0.836. The molecule has 4 heterocycles. The number of thiophene rings is 1. The predicted molar refractivity (Wildman–Crippen MR) is 135 cm³/mol. The Morgan fingerprint density at radius 3 is 2.89 bits per heavy atom. The second-order valence-electron chi connectivity index (χ2n) is 8.15. The molecule has 0 aliphatic carbocycles. The predicted octanol–water partition coefficient (Wildman–Crippen LogP) is 3.27. The molecule has 1 aliphatic heterocycles. The lowest BCUT2D eigenvalue weighted by Gasteiger charge is -2.24. The van der Waals surface area contributed by atoms with Crippen LogP contribution in [0.5, 0.6) is 5.75 Å². The highest BCUT2D eigenvalue weighted by atomic mass is 32.1. The molecule has 0 spiro atoms. The first-order valence-corrected chi connectivity index (χ1v) is 11.8. The summed E-state index contributed by atoms with van der Waals surface area (Å²) in [5, 5.41) is 17.3. The SMILES string of the molecule is COc1ccccc1C1C(=O)c2c(C)csc2N=C1Cn1nc(C#C[C@@H](C)O)c2c(N)ncnc21. The molecule has 1 aliphatic rings. The largest absolute Gasteiger partial charge is 0.496 e. The number of nitrogens with zero attached hydrogens (tertiary/aromatic N) is 5. The van der Waals surface area contributed by atoms with Crippen LogP contribution in [0.25, 0.3) is 11.0 Å². The molecule has 0 amide bonds. The maximum absolute atomic E-state index is 13.8. The van der Waals surface area contributed by atoms with E-state index < -0.39 is 12.0 Å². The Bertz CT molecular complexity index is 1560. The van der Waals surface area contributed by atoms with E-state index in [1.165, 1.54) is 17.7 Å². The number of aliphatic hydroxyl groups is 1. The minimum Gasteiger partial charge on any atom is -0.496 e. The minimum absolute atomic E-state index is 0.0343. The molecule has 1 aromatic carbocycles. The number of carbonyl (C=O) groups excluding carboxylic acids is 1. The highest BCUT2D eigenvalue weighted by molar-refractivity contribution is 7.14. The Hall–Kier alpha value is -4.07. The van der Waals surface area contributed by atoms with Gasteiger partial charge in [0.15, 0.2) is 11.4 Å². The van der Waals surface area contributed by atoms with E-state index in [0.29, 0.717) is 38.8 Å². The summed E-state index contributed by atoms with van der Waals surface area (Å²) in [6, 6.07) is 7.45. The molecule has 0 saturated heterocycles. The molecule has 1 unspecified atom stereocenters. The molecule has 10 heteroatoms. The number of anilines is 1. The summed E-state index contributed by atoms with van der Waals surface area (Å²) in [7, 11) is 1.58. The van der Waals surface area contributed by atoms with Crippen LogP contribution in [0.15, 0.2) is 41.0 Å². The fraction of sp³-hybridized carbons (Fsp3) is 0.240. The fourth-order valence-corrected chi connectivity index (χ4v) is 5.17. The summed E-state index contributed by atoms with van der Waals surface area (Å²) in [6.07, 6.45) is 0.519.